The summed E-state index contributed by atoms with van der Waals surface area (Å²) < 4.78 is 42.4. The Morgan fingerprint density at radius 2 is 0.944 bits per heavy atom. The number of rotatable bonds is 25. The van der Waals surface area contributed by atoms with E-state index in [0.29, 0.717) is 66.1 Å². The number of aryl methyl sites for hydroxylation is 4. The van der Waals surface area contributed by atoms with Crippen LogP contribution in [0.25, 0.3) is 12.2 Å². The molecule has 2 saturated heterocycles. The number of ether oxygens (including phenoxy) is 7. The smallest absolute Gasteiger partial charge is 0.338 e. The van der Waals surface area contributed by atoms with Crippen LogP contribution in [0.2, 0.25) is 51.4 Å². The van der Waals surface area contributed by atoms with E-state index in [4.69, 9.17) is 44.8 Å². The van der Waals surface area contributed by atoms with Gasteiger partial charge in [-0.05, 0) is 156 Å². The first-order valence-electron chi connectivity index (χ1n) is 31.6. The van der Waals surface area contributed by atoms with Crippen molar-refractivity contribution in [2.75, 3.05) is 13.2 Å². The summed E-state index contributed by atoms with van der Waals surface area (Å²) in [7, 11) is -2.61. The van der Waals surface area contributed by atoms with E-state index in [0.717, 1.165) is 45.5 Å². The van der Waals surface area contributed by atoms with Crippen molar-refractivity contribution < 1.29 is 57.4 Å². The van der Waals surface area contributed by atoms with E-state index in [-0.39, 0.29) is 30.1 Å². The van der Waals surface area contributed by atoms with Gasteiger partial charge < -0.3 is 38.3 Å². The molecule has 0 aliphatic carbocycles. The zero-order valence-electron chi connectivity index (χ0n) is 57.0. The average molecular weight is 1280 g/mol. The zero-order valence-corrected chi connectivity index (χ0v) is 59.8. The molecule has 2 heterocycles. The van der Waals surface area contributed by atoms with E-state index in [1.165, 1.54) is 0 Å². The van der Waals surface area contributed by atoms with Gasteiger partial charge in [0.05, 0.1) is 42.1 Å². The molecular formula is C74H105ClO12Si2. The van der Waals surface area contributed by atoms with Gasteiger partial charge in [-0.2, -0.15) is 0 Å². The molecule has 2 aliphatic rings. The Bertz CT molecular complexity index is 3040. The minimum Gasteiger partial charge on any atom is -0.462 e. The third-order valence-corrected chi connectivity index (χ3v) is 19.2. The molecule has 4 aromatic carbocycles. The summed E-state index contributed by atoms with van der Waals surface area (Å²) in [5.41, 5.74) is 7.82. The van der Waals surface area contributed by atoms with Crippen LogP contribution in [0, 0.1) is 51.4 Å². The number of benzene rings is 4. The first-order valence-corrected chi connectivity index (χ1v) is 39.4. The molecule has 1 N–H and O–H groups in total. The minimum absolute atomic E-state index is 0.273. The monoisotopic (exact) mass is 1280 g/mol. The highest BCUT2D eigenvalue weighted by atomic mass is 35.5. The minimum atomic E-state index is -1.33. The van der Waals surface area contributed by atoms with Gasteiger partial charge in [0.15, 0.2) is 11.6 Å². The first kappa shape index (κ1) is 75.9. The molecule has 0 radical (unpaired) electrons. The van der Waals surface area contributed by atoms with Crippen molar-refractivity contribution in [1.29, 1.82) is 0 Å². The van der Waals surface area contributed by atoms with E-state index in [9.17, 15) is 24.3 Å². The van der Waals surface area contributed by atoms with Crippen LogP contribution in [0.1, 0.15) is 157 Å². The standard InChI is InChI=1S/C37H52O6Si.C30H48O5Si.C7H5ClO/c1-25(2)27(4)19-20-31(41-35(38)29-15-12-11-13-16-29)34-32(42-37(6,7)43-34)18-14-17-30-24-26(3)23-28(5)33(30)36(39)40-21-22-44(8,9)10;1-20(2)22(4)14-15-25(31)28-26(34-30(6,7)35-28)13-11-12-24-19-21(3)18-23(5)27(24)29(32)33-16-17-36(8,9)10;8-7(9)6-4-2-1-3-5-6/h11-17,19-20,23-25,27,31-32,34H,18,21-22H2,1-10H3;11-12,14-15,18-20,22,25-26,28,31H,13,16-17H2,1-10H3;1-5H/b17-14+,20-19-;12-11+,15-14-;/t27-,31?,32-,34+;22-,25?,26-,28+;/m00./s1. The Balaban J connectivity index is 0.000000337. The maximum absolute atomic E-state index is 13.2. The summed E-state index contributed by atoms with van der Waals surface area (Å²) in [5, 5.41) is 10.4. The molecule has 12 nitrogen and oxygen atoms in total. The van der Waals surface area contributed by atoms with Crippen molar-refractivity contribution >= 4 is 63.1 Å². The first-order chi connectivity index (χ1) is 41.5. The van der Waals surface area contributed by atoms with Crippen LogP contribution < -0.4 is 0 Å². The van der Waals surface area contributed by atoms with Gasteiger partial charge in [-0.25, -0.2) is 14.4 Å². The average Bonchev–Trinajstić information content (AvgIpc) is 2.43. The quantitative estimate of drug-likeness (QED) is 0.0221. The summed E-state index contributed by atoms with van der Waals surface area (Å²) in [6.45, 7) is 42.9. The lowest BCUT2D eigenvalue weighted by molar-refractivity contribution is -0.153. The van der Waals surface area contributed by atoms with Crippen molar-refractivity contribution in [3.8, 4) is 0 Å². The maximum Gasteiger partial charge on any atom is 0.338 e. The normalized spacial score (nSPS) is 19.6. The summed E-state index contributed by atoms with van der Waals surface area (Å²) >= 11 is 5.16. The molecule has 488 valence electrons. The lowest BCUT2D eigenvalue weighted by Crippen LogP contribution is -2.37. The van der Waals surface area contributed by atoms with Gasteiger partial charge in [-0.1, -0.05) is 207 Å². The van der Waals surface area contributed by atoms with Crippen molar-refractivity contribution in [2.45, 2.75) is 209 Å². The van der Waals surface area contributed by atoms with Crippen LogP contribution in [0.3, 0.4) is 0 Å². The molecule has 0 spiro atoms. The molecule has 4 aromatic rings. The highest BCUT2D eigenvalue weighted by Gasteiger charge is 2.46. The molecule has 2 unspecified atom stereocenters. The van der Waals surface area contributed by atoms with Crippen molar-refractivity contribution in [1.82, 2.24) is 0 Å². The van der Waals surface area contributed by atoms with E-state index in [1.807, 2.05) is 146 Å². The molecule has 15 heteroatoms. The molecule has 89 heavy (non-hydrogen) atoms. The van der Waals surface area contributed by atoms with Crippen LogP contribution in [-0.2, 0) is 33.2 Å². The molecule has 2 aliphatic heterocycles. The van der Waals surface area contributed by atoms with Gasteiger partial charge >= 0.3 is 17.9 Å². The Kier molecular flexibility index (Phi) is 29.6. The Hall–Kier alpha value is -5.56. The van der Waals surface area contributed by atoms with Gasteiger partial charge in [0.2, 0.25) is 0 Å². The summed E-state index contributed by atoms with van der Waals surface area (Å²) in [6.07, 6.45) is 13.8. The SMILES string of the molecule is Cc1cc(C)c(C(=O)OCC[Si](C)(C)C)c(/C=C/C[C@@H]2OC(C)(C)O[C@@H]2C(/C=C\[C@H](C)C(C)C)OC(=O)c2ccccc2)c1.Cc1cc(C)c(C(=O)OCC[Si](C)(C)C)c(/C=C/C[C@@H]2OC(C)(C)O[C@@H]2C(O)/C=C\[C@H](C)C(C)C)c1.O=C(Cl)c1ccccc1. The molecule has 0 aromatic heterocycles. The molecule has 2 fully saturated rings. The molecule has 0 saturated carbocycles. The molecule has 8 atom stereocenters. The van der Waals surface area contributed by atoms with Crippen LogP contribution in [0.5, 0.6) is 0 Å². The fourth-order valence-corrected chi connectivity index (χ4v) is 11.4. The highest BCUT2D eigenvalue weighted by Crippen LogP contribution is 2.36. The Morgan fingerprint density at radius 1 is 0.551 bits per heavy atom. The Morgan fingerprint density at radius 3 is 1.34 bits per heavy atom. The lowest BCUT2D eigenvalue weighted by atomic mass is 9.95. The summed E-state index contributed by atoms with van der Waals surface area (Å²) in [5.74, 6) is -1.03. The number of allylic oxidation sites excluding steroid dienone is 2. The largest absolute Gasteiger partial charge is 0.462 e. The van der Waals surface area contributed by atoms with E-state index >= 15 is 0 Å². The van der Waals surface area contributed by atoms with Crippen molar-refractivity contribution in [3.63, 3.8) is 0 Å². The van der Waals surface area contributed by atoms with Gasteiger partial charge in [0.25, 0.3) is 5.24 Å². The number of carbonyl (C=O) groups excluding carboxylic acids is 4. The predicted molar refractivity (Wildman–Crippen MR) is 368 cm³/mol. The number of carbonyl (C=O) groups is 4. The second-order valence-corrected chi connectivity index (χ2v) is 39.5. The highest BCUT2D eigenvalue weighted by molar-refractivity contribution is 6.76. The second kappa shape index (κ2) is 34.8. The summed E-state index contributed by atoms with van der Waals surface area (Å²) in [6, 6.07) is 27.6. The lowest BCUT2D eigenvalue weighted by Gasteiger charge is -2.25. The van der Waals surface area contributed by atoms with Crippen molar-refractivity contribution in [3.05, 3.63) is 177 Å². The van der Waals surface area contributed by atoms with E-state index < -0.39 is 63.3 Å². The molecule has 0 bridgehead atoms. The molecule has 0 amide bonds. The fourth-order valence-electron chi connectivity index (χ4n) is 9.86. The number of hydrogen-bond acceptors (Lipinski definition) is 12. The number of halogens is 1. The van der Waals surface area contributed by atoms with E-state index in [1.54, 1.807) is 36.4 Å². The maximum atomic E-state index is 13.2. The van der Waals surface area contributed by atoms with Crippen LogP contribution in [0.15, 0.2) is 121 Å². The third-order valence-electron chi connectivity index (χ3n) is 15.6. The van der Waals surface area contributed by atoms with Crippen LogP contribution in [-0.4, -0.2) is 106 Å². The van der Waals surface area contributed by atoms with Gasteiger partial charge in [0.1, 0.15) is 24.4 Å². The van der Waals surface area contributed by atoms with Crippen LogP contribution in [0.4, 0.5) is 0 Å². The number of hydrogen-bond donors (Lipinski definition) is 1. The fraction of sp³-hybridized carbons (Fsp3) is 0.514. The second-order valence-electron chi connectivity index (χ2n) is 27.9. The topological polar surface area (TPSA) is 153 Å². The van der Waals surface area contributed by atoms with Crippen molar-refractivity contribution in [2.24, 2.45) is 23.7 Å². The zero-order chi connectivity index (χ0) is 66.6. The Labute approximate surface area is 540 Å². The number of aliphatic hydroxyl groups is 1. The van der Waals surface area contributed by atoms with Gasteiger partial charge in [-0.3, -0.25) is 4.79 Å². The van der Waals surface area contributed by atoms with Crippen LogP contribution >= 0.6 is 11.6 Å². The third kappa shape index (κ3) is 26.3. The summed E-state index contributed by atoms with van der Waals surface area (Å²) in [4.78, 5) is 49.7. The molecule has 6 rings (SSSR count). The molecular weight excluding hydrogens is 1170 g/mol. The van der Waals surface area contributed by atoms with Gasteiger partial charge in [-0.15, -0.1) is 0 Å². The number of aliphatic hydroxyl groups excluding tert-OH is 1. The number of esters is 3. The predicted octanol–water partition coefficient (Wildman–Crippen LogP) is 17.8. The van der Waals surface area contributed by atoms with E-state index in [2.05, 4.69) is 86.9 Å². The van der Waals surface area contributed by atoms with Gasteiger partial charge in [0, 0.05) is 21.7 Å².